The minimum atomic E-state index is -0.305. The van der Waals surface area contributed by atoms with Gasteiger partial charge in [-0.05, 0) is 66.1 Å². The van der Waals surface area contributed by atoms with Crippen molar-refractivity contribution in [3.05, 3.63) is 112 Å². The monoisotopic (exact) mass is 457 g/mol. The Kier molecular flexibility index (Phi) is 5.56. The van der Waals surface area contributed by atoms with Crippen LogP contribution in [0.5, 0.6) is 5.75 Å². The maximum Gasteiger partial charge on any atom is 0.323 e. The molecule has 6 heteroatoms. The minimum Gasteiger partial charge on any atom is -0.495 e. The molecule has 0 saturated carbocycles. The van der Waals surface area contributed by atoms with Crippen LogP contribution in [0.1, 0.15) is 28.4 Å². The molecule has 1 unspecified atom stereocenters. The molecule has 1 aliphatic rings. The minimum absolute atomic E-state index is 0.205. The predicted octanol–water partition coefficient (Wildman–Crippen LogP) is 6.58. The Balaban J connectivity index is 1.63. The highest BCUT2D eigenvalue weighted by molar-refractivity contribution is 6.30. The van der Waals surface area contributed by atoms with Gasteiger partial charge in [-0.2, -0.15) is 0 Å². The van der Waals surface area contributed by atoms with Gasteiger partial charge < -0.3 is 19.5 Å². The highest BCUT2D eigenvalue weighted by Crippen LogP contribution is 2.37. The van der Waals surface area contributed by atoms with Gasteiger partial charge in [0.1, 0.15) is 5.75 Å². The fraction of sp³-hybridized carbons (Fsp3) is 0.148. The fourth-order valence-corrected chi connectivity index (χ4v) is 4.57. The van der Waals surface area contributed by atoms with Crippen molar-refractivity contribution in [2.75, 3.05) is 12.4 Å². The number of nitrogens with zero attached hydrogens (tertiary/aromatic N) is 2. The molecule has 5 rings (SSSR count). The number of amides is 2. The van der Waals surface area contributed by atoms with Crippen LogP contribution >= 0.6 is 11.6 Å². The SMILES string of the molecule is COc1ccc(C)cc1NC(=O)N1Cc2ccccc2-n2cccc2C1c1ccc(Cl)cc1. The zero-order valence-electron chi connectivity index (χ0n) is 18.5. The number of ether oxygens (including phenoxy) is 1. The molecular formula is C27H24ClN3O2. The van der Waals surface area contributed by atoms with E-state index in [1.165, 1.54) is 0 Å². The Hall–Kier alpha value is -3.70. The summed E-state index contributed by atoms with van der Waals surface area (Å²) in [5.41, 5.74) is 5.81. The van der Waals surface area contributed by atoms with Crippen LogP contribution in [-0.2, 0) is 6.54 Å². The van der Waals surface area contributed by atoms with Crippen LogP contribution in [0.2, 0.25) is 5.02 Å². The Morgan fingerprint density at radius 3 is 2.61 bits per heavy atom. The van der Waals surface area contributed by atoms with Crippen molar-refractivity contribution >= 4 is 23.3 Å². The third-order valence-corrected chi connectivity index (χ3v) is 6.26. The van der Waals surface area contributed by atoms with Crippen LogP contribution in [0.25, 0.3) is 5.69 Å². The lowest BCUT2D eigenvalue weighted by Gasteiger charge is -2.31. The number of hydrogen-bond donors (Lipinski definition) is 1. The number of carbonyl (C=O) groups excluding carboxylic acids is 1. The Labute approximate surface area is 198 Å². The number of fused-ring (bicyclic) bond motifs is 3. The lowest BCUT2D eigenvalue weighted by Crippen LogP contribution is -2.38. The molecule has 0 fully saturated rings. The van der Waals surface area contributed by atoms with Gasteiger partial charge in [0.15, 0.2) is 0 Å². The maximum absolute atomic E-state index is 13.8. The van der Waals surface area contributed by atoms with Gasteiger partial charge in [0.25, 0.3) is 0 Å². The first-order valence-corrected chi connectivity index (χ1v) is 11.2. The molecule has 5 nitrogen and oxygen atoms in total. The van der Waals surface area contributed by atoms with Crippen molar-refractivity contribution < 1.29 is 9.53 Å². The summed E-state index contributed by atoms with van der Waals surface area (Å²) in [4.78, 5) is 15.7. The zero-order valence-corrected chi connectivity index (χ0v) is 19.2. The van der Waals surface area contributed by atoms with E-state index in [1.54, 1.807) is 7.11 Å². The van der Waals surface area contributed by atoms with E-state index in [9.17, 15) is 4.79 Å². The summed E-state index contributed by atoms with van der Waals surface area (Å²) >= 11 is 6.18. The van der Waals surface area contributed by atoms with Gasteiger partial charge in [-0.3, -0.25) is 0 Å². The van der Waals surface area contributed by atoms with E-state index in [4.69, 9.17) is 16.3 Å². The average molecular weight is 458 g/mol. The zero-order chi connectivity index (χ0) is 22.9. The van der Waals surface area contributed by atoms with Gasteiger partial charge in [0.2, 0.25) is 0 Å². The van der Waals surface area contributed by atoms with Crippen molar-refractivity contribution in [2.45, 2.75) is 19.5 Å². The summed E-state index contributed by atoms with van der Waals surface area (Å²) in [5, 5.41) is 3.75. The fourth-order valence-electron chi connectivity index (χ4n) is 4.44. The molecule has 1 atom stereocenters. The predicted molar refractivity (Wildman–Crippen MR) is 131 cm³/mol. The van der Waals surface area contributed by atoms with Gasteiger partial charge in [0, 0.05) is 16.9 Å². The Morgan fingerprint density at radius 2 is 1.82 bits per heavy atom. The molecule has 1 N–H and O–H groups in total. The largest absolute Gasteiger partial charge is 0.495 e. The second kappa shape index (κ2) is 8.68. The van der Waals surface area contributed by atoms with E-state index in [0.29, 0.717) is 23.0 Å². The number of methoxy groups -OCH3 is 1. The Bertz CT molecular complexity index is 1310. The van der Waals surface area contributed by atoms with Gasteiger partial charge in [-0.25, -0.2) is 4.79 Å². The first-order valence-electron chi connectivity index (χ1n) is 10.8. The molecule has 2 heterocycles. The number of urea groups is 1. The van der Waals surface area contributed by atoms with Crippen molar-refractivity contribution in [2.24, 2.45) is 0 Å². The molecule has 0 bridgehead atoms. The molecule has 166 valence electrons. The highest BCUT2D eigenvalue weighted by atomic mass is 35.5. The van der Waals surface area contributed by atoms with Crippen LogP contribution in [-0.4, -0.2) is 22.6 Å². The number of rotatable bonds is 3. The maximum atomic E-state index is 13.8. The number of aryl methyl sites for hydroxylation is 1. The van der Waals surface area contributed by atoms with Crippen molar-refractivity contribution in [1.29, 1.82) is 0 Å². The summed E-state index contributed by atoms with van der Waals surface area (Å²) in [6.45, 7) is 2.44. The topological polar surface area (TPSA) is 46.5 Å². The molecule has 0 radical (unpaired) electrons. The smallest absolute Gasteiger partial charge is 0.323 e. The molecule has 0 spiro atoms. The standard InChI is InChI=1S/C27H24ClN3O2/c1-18-9-14-25(33-2)22(16-18)29-27(32)31-17-20-6-3-4-7-23(20)30-15-5-8-24(30)26(31)19-10-12-21(28)13-11-19/h3-16,26H,17H2,1-2H3,(H,29,32). The van der Waals surface area contributed by atoms with E-state index < -0.39 is 0 Å². The second-order valence-electron chi connectivity index (χ2n) is 8.15. The third kappa shape index (κ3) is 3.96. The quantitative estimate of drug-likeness (QED) is 0.377. The van der Waals surface area contributed by atoms with Crippen LogP contribution < -0.4 is 10.1 Å². The van der Waals surface area contributed by atoms with E-state index in [2.05, 4.69) is 28.1 Å². The normalized spacial score (nSPS) is 14.8. The first-order chi connectivity index (χ1) is 16.0. The number of aromatic nitrogens is 1. The number of carbonyl (C=O) groups is 1. The summed E-state index contributed by atoms with van der Waals surface area (Å²) < 4.78 is 7.65. The van der Waals surface area contributed by atoms with Crippen LogP contribution in [0.15, 0.2) is 85.1 Å². The van der Waals surface area contributed by atoms with E-state index in [0.717, 1.165) is 28.1 Å². The number of para-hydroxylation sites is 1. The van der Waals surface area contributed by atoms with Gasteiger partial charge in [-0.15, -0.1) is 0 Å². The van der Waals surface area contributed by atoms with Crippen LogP contribution in [0, 0.1) is 6.92 Å². The summed E-state index contributed by atoms with van der Waals surface area (Å²) in [5.74, 6) is 0.621. The molecule has 1 aliphatic heterocycles. The van der Waals surface area contributed by atoms with Gasteiger partial charge in [-0.1, -0.05) is 48.0 Å². The van der Waals surface area contributed by atoms with Crippen molar-refractivity contribution in [3.63, 3.8) is 0 Å². The van der Waals surface area contributed by atoms with E-state index in [-0.39, 0.29) is 12.1 Å². The number of anilines is 1. The Morgan fingerprint density at radius 1 is 1.03 bits per heavy atom. The van der Waals surface area contributed by atoms with Crippen molar-refractivity contribution in [1.82, 2.24) is 9.47 Å². The second-order valence-corrected chi connectivity index (χ2v) is 8.58. The molecule has 3 aromatic carbocycles. The molecule has 4 aromatic rings. The number of hydrogen-bond acceptors (Lipinski definition) is 2. The van der Waals surface area contributed by atoms with E-state index >= 15 is 0 Å². The van der Waals surface area contributed by atoms with E-state index in [1.807, 2.05) is 78.7 Å². The van der Waals surface area contributed by atoms with Crippen molar-refractivity contribution in [3.8, 4) is 11.4 Å². The number of benzene rings is 3. The molecule has 33 heavy (non-hydrogen) atoms. The van der Waals surface area contributed by atoms with Gasteiger partial charge >= 0.3 is 6.03 Å². The summed E-state index contributed by atoms with van der Waals surface area (Å²) in [7, 11) is 1.60. The molecule has 2 amide bonds. The summed E-state index contributed by atoms with van der Waals surface area (Å²) in [6.07, 6.45) is 2.04. The lowest BCUT2D eigenvalue weighted by molar-refractivity contribution is 0.194. The highest BCUT2D eigenvalue weighted by Gasteiger charge is 2.33. The van der Waals surface area contributed by atoms with Crippen LogP contribution in [0.3, 0.4) is 0 Å². The molecule has 0 aliphatic carbocycles. The molecular weight excluding hydrogens is 434 g/mol. The third-order valence-electron chi connectivity index (χ3n) is 6.01. The molecule has 0 saturated heterocycles. The average Bonchev–Trinajstić information content (AvgIpc) is 3.24. The number of nitrogens with one attached hydrogen (secondary N) is 1. The van der Waals surface area contributed by atoms with Crippen LogP contribution in [0.4, 0.5) is 10.5 Å². The summed E-state index contributed by atoms with van der Waals surface area (Å²) in [6, 6.07) is 25.2. The molecule has 1 aromatic heterocycles. The lowest BCUT2D eigenvalue weighted by atomic mass is 10.0. The number of halogens is 1. The van der Waals surface area contributed by atoms with Gasteiger partial charge in [0.05, 0.1) is 31.1 Å². The first kappa shape index (κ1) is 21.2.